The van der Waals surface area contributed by atoms with Crippen LogP contribution in [-0.2, 0) is 0 Å². The van der Waals surface area contributed by atoms with E-state index in [2.05, 4.69) is 211 Å². The summed E-state index contributed by atoms with van der Waals surface area (Å²) in [5.74, 6) is 0.881. The normalized spacial score (nSPS) is 11.2. The van der Waals surface area contributed by atoms with Crippen molar-refractivity contribution in [2.24, 2.45) is 0 Å². The van der Waals surface area contributed by atoms with Crippen molar-refractivity contribution in [3.05, 3.63) is 224 Å². The molecule has 1 heterocycles. The maximum atomic E-state index is 6.16. The van der Waals surface area contributed by atoms with Gasteiger partial charge in [-0.05, 0) is 116 Å². The largest absolute Gasteiger partial charge is 0.456 e. The average molecular weight is 716 g/mol. The zero-order chi connectivity index (χ0) is 37.3. The second-order valence-corrected chi connectivity index (χ2v) is 14.2. The first kappa shape index (κ1) is 33.2. The Morgan fingerprint density at radius 3 is 1.25 bits per heavy atom. The molecule has 264 valence electrons. The first-order chi connectivity index (χ1) is 27.7. The summed E-state index contributed by atoms with van der Waals surface area (Å²) in [6.07, 6.45) is 0. The molecule has 56 heavy (non-hydrogen) atoms. The lowest BCUT2D eigenvalue weighted by Crippen LogP contribution is -2.09. The molecule has 0 spiro atoms. The average Bonchev–Trinajstić information content (AvgIpc) is 3.72. The predicted molar refractivity (Wildman–Crippen MR) is 236 cm³/mol. The Hall–Kier alpha value is -7.42. The molecule has 2 heteroatoms. The highest BCUT2D eigenvalue weighted by molar-refractivity contribution is 5.88. The van der Waals surface area contributed by atoms with E-state index in [1.165, 1.54) is 49.7 Å². The van der Waals surface area contributed by atoms with E-state index >= 15 is 0 Å². The fourth-order valence-electron chi connectivity index (χ4n) is 7.69. The van der Waals surface area contributed by atoms with E-state index in [4.69, 9.17) is 4.42 Å². The molecule has 1 aromatic heterocycles. The molecule has 0 fully saturated rings. The van der Waals surface area contributed by atoms with E-state index in [9.17, 15) is 0 Å². The van der Waals surface area contributed by atoms with Crippen molar-refractivity contribution < 1.29 is 4.42 Å². The Bertz CT molecular complexity index is 2890. The van der Waals surface area contributed by atoms with Crippen molar-refractivity contribution >= 4 is 38.8 Å². The molecule has 0 saturated heterocycles. The third kappa shape index (κ3) is 6.55. The molecule has 10 aromatic rings. The van der Waals surface area contributed by atoms with E-state index in [-0.39, 0.29) is 0 Å². The maximum absolute atomic E-state index is 6.16. The third-order valence-corrected chi connectivity index (χ3v) is 10.7. The van der Waals surface area contributed by atoms with Gasteiger partial charge in [-0.2, -0.15) is 0 Å². The molecular formula is C54H37NO. The summed E-state index contributed by atoms with van der Waals surface area (Å²) in [4.78, 5) is 2.33. The van der Waals surface area contributed by atoms with Crippen LogP contribution in [0, 0.1) is 0 Å². The zero-order valence-corrected chi connectivity index (χ0v) is 30.7. The minimum Gasteiger partial charge on any atom is -0.456 e. The number of fused-ring (bicyclic) bond motifs is 2. The molecule has 0 saturated carbocycles. The molecule has 0 bridgehead atoms. The molecule has 0 amide bonds. The second-order valence-electron chi connectivity index (χ2n) is 14.2. The molecule has 0 radical (unpaired) electrons. The lowest BCUT2D eigenvalue weighted by Gasteiger charge is -2.26. The number of nitrogens with zero attached hydrogens (tertiary/aromatic N) is 1. The lowest BCUT2D eigenvalue weighted by atomic mass is 9.98. The summed E-state index contributed by atoms with van der Waals surface area (Å²) in [5, 5.41) is 3.61. The minimum atomic E-state index is 0.881. The molecule has 2 nitrogen and oxygen atoms in total. The number of anilines is 3. The van der Waals surface area contributed by atoms with Crippen LogP contribution in [-0.4, -0.2) is 0 Å². The summed E-state index contributed by atoms with van der Waals surface area (Å²) in [7, 11) is 0. The number of furan rings is 1. The van der Waals surface area contributed by atoms with Gasteiger partial charge in [0.15, 0.2) is 0 Å². The fourth-order valence-corrected chi connectivity index (χ4v) is 7.69. The fraction of sp³-hybridized carbons (Fsp3) is 0. The van der Waals surface area contributed by atoms with Crippen LogP contribution in [0.1, 0.15) is 0 Å². The van der Waals surface area contributed by atoms with Gasteiger partial charge in [0.1, 0.15) is 11.3 Å². The van der Waals surface area contributed by atoms with E-state index in [1.54, 1.807) is 0 Å². The Labute approximate surface area is 327 Å². The molecule has 0 aliphatic carbocycles. The van der Waals surface area contributed by atoms with Crippen molar-refractivity contribution in [1.29, 1.82) is 0 Å². The van der Waals surface area contributed by atoms with E-state index < -0.39 is 0 Å². The first-order valence-electron chi connectivity index (χ1n) is 19.1. The summed E-state index contributed by atoms with van der Waals surface area (Å²) in [6.45, 7) is 0. The van der Waals surface area contributed by atoms with Gasteiger partial charge in [-0.3, -0.25) is 0 Å². The third-order valence-electron chi connectivity index (χ3n) is 10.7. The molecular weight excluding hydrogens is 679 g/mol. The van der Waals surface area contributed by atoms with Gasteiger partial charge in [0.25, 0.3) is 0 Å². The van der Waals surface area contributed by atoms with Crippen molar-refractivity contribution in [2.75, 3.05) is 4.90 Å². The van der Waals surface area contributed by atoms with Gasteiger partial charge in [0, 0.05) is 28.0 Å². The zero-order valence-electron chi connectivity index (χ0n) is 30.7. The van der Waals surface area contributed by atoms with Crippen molar-refractivity contribution in [3.63, 3.8) is 0 Å². The van der Waals surface area contributed by atoms with Crippen LogP contribution in [0.3, 0.4) is 0 Å². The number of benzene rings is 9. The Morgan fingerprint density at radius 1 is 0.250 bits per heavy atom. The maximum Gasteiger partial charge on any atom is 0.135 e. The number of hydrogen-bond donors (Lipinski definition) is 0. The summed E-state index contributed by atoms with van der Waals surface area (Å²) >= 11 is 0. The summed E-state index contributed by atoms with van der Waals surface area (Å²) < 4.78 is 6.16. The number of hydrogen-bond acceptors (Lipinski definition) is 2. The van der Waals surface area contributed by atoms with Crippen molar-refractivity contribution in [3.8, 4) is 55.8 Å². The standard InChI is InChI=1S/C54H37NO/c1-2-9-38(10-3-1)41-23-29-50(30-24-41)55(52-33-27-44(28-34-52)47-22-21-39-11-4-5-12-45(39)35-47)51-31-25-42(26-32-51)40-17-19-43(20-18-40)46-14-8-15-48(36-46)54-37-49-13-6-7-16-53(49)56-54/h1-37H. The quantitative estimate of drug-likeness (QED) is 0.156. The van der Waals surface area contributed by atoms with Crippen LogP contribution >= 0.6 is 0 Å². The molecule has 0 atom stereocenters. The van der Waals surface area contributed by atoms with Gasteiger partial charge in [0.05, 0.1) is 0 Å². The van der Waals surface area contributed by atoms with Crippen LogP contribution in [0.15, 0.2) is 229 Å². The topological polar surface area (TPSA) is 16.4 Å². The number of para-hydroxylation sites is 1. The van der Waals surface area contributed by atoms with Crippen LogP contribution in [0.4, 0.5) is 17.1 Å². The molecule has 10 rings (SSSR count). The van der Waals surface area contributed by atoms with E-state index in [1.807, 2.05) is 18.2 Å². The van der Waals surface area contributed by atoms with Crippen molar-refractivity contribution in [1.82, 2.24) is 0 Å². The van der Waals surface area contributed by atoms with Crippen LogP contribution < -0.4 is 4.90 Å². The summed E-state index contributed by atoms with van der Waals surface area (Å²) in [6, 6.07) is 80.1. The first-order valence-corrected chi connectivity index (χ1v) is 19.1. The van der Waals surface area contributed by atoms with Gasteiger partial charge in [-0.1, -0.05) is 164 Å². The molecule has 0 unspecified atom stereocenters. The van der Waals surface area contributed by atoms with Gasteiger partial charge in [-0.15, -0.1) is 0 Å². The highest BCUT2D eigenvalue weighted by Crippen LogP contribution is 2.38. The van der Waals surface area contributed by atoms with Gasteiger partial charge in [0.2, 0.25) is 0 Å². The van der Waals surface area contributed by atoms with Crippen LogP contribution in [0.25, 0.3) is 77.6 Å². The molecule has 0 aliphatic rings. The monoisotopic (exact) mass is 715 g/mol. The van der Waals surface area contributed by atoms with Gasteiger partial charge >= 0.3 is 0 Å². The Balaban J connectivity index is 0.943. The number of rotatable bonds is 8. The van der Waals surface area contributed by atoms with Gasteiger partial charge < -0.3 is 9.32 Å². The highest BCUT2D eigenvalue weighted by Gasteiger charge is 2.14. The predicted octanol–water partition coefficient (Wildman–Crippen LogP) is 15.4. The highest BCUT2D eigenvalue weighted by atomic mass is 16.3. The van der Waals surface area contributed by atoms with Crippen LogP contribution in [0.2, 0.25) is 0 Å². The Morgan fingerprint density at radius 2 is 0.661 bits per heavy atom. The van der Waals surface area contributed by atoms with Crippen molar-refractivity contribution in [2.45, 2.75) is 0 Å². The Kier molecular flexibility index (Phi) is 8.55. The molecule has 0 aliphatic heterocycles. The summed E-state index contributed by atoms with van der Waals surface area (Å²) in [5.41, 5.74) is 14.7. The SMILES string of the molecule is c1ccc(-c2ccc(N(c3ccc(-c4ccc(-c5cccc(-c6cc7ccccc7o6)c5)cc4)cc3)c3ccc(-c4ccc5ccccc5c4)cc3)cc2)cc1. The van der Waals surface area contributed by atoms with Gasteiger partial charge in [-0.25, -0.2) is 0 Å². The van der Waals surface area contributed by atoms with E-state index in [0.717, 1.165) is 44.9 Å². The second kappa shape index (κ2) is 14.4. The lowest BCUT2D eigenvalue weighted by molar-refractivity contribution is 0.631. The molecule has 9 aromatic carbocycles. The smallest absolute Gasteiger partial charge is 0.135 e. The van der Waals surface area contributed by atoms with Crippen LogP contribution in [0.5, 0.6) is 0 Å². The van der Waals surface area contributed by atoms with E-state index in [0.29, 0.717) is 0 Å². The molecule has 0 N–H and O–H groups in total. The minimum absolute atomic E-state index is 0.881.